The minimum Gasteiger partial charge on any atom is -0.497 e. The van der Waals surface area contributed by atoms with Crippen LogP contribution in [0.1, 0.15) is 137 Å². The van der Waals surface area contributed by atoms with Gasteiger partial charge in [0.1, 0.15) is 23.9 Å². The normalized spacial score (nSPS) is 14.3. The van der Waals surface area contributed by atoms with Crippen molar-refractivity contribution in [3.05, 3.63) is 65.9 Å². The fourth-order valence-corrected chi connectivity index (χ4v) is 8.43. The van der Waals surface area contributed by atoms with Gasteiger partial charge in [-0.1, -0.05) is 91.6 Å². The number of hydrogen-bond acceptors (Lipinski definition) is 11. The third-order valence-electron chi connectivity index (χ3n) is 12.7. The number of amides is 6. The summed E-state index contributed by atoms with van der Waals surface area (Å²) < 4.78 is 5.49. The second-order valence-electron chi connectivity index (χ2n) is 20.1. The van der Waals surface area contributed by atoms with Gasteiger partial charge in [-0.15, -0.1) is 0 Å². The smallest absolute Gasteiger partial charge is 0.243 e. The van der Waals surface area contributed by atoms with E-state index in [4.69, 9.17) is 10.5 Å². The molecule has 3 aromatic rings. The zero-order valence-electron chi connectivity index (χ0n) is 44.5. The van der Waals surface area contributed by atoms with Crippen LogP contribution < -0.4 is 47.7 Å². The predicted octanol–water partition coefficient (Wildman–Crippen LogP) is 5.60. The Balaban J connectivity index is 1.57. The number of nitrogens with one attached hydrogen (secondary N) is 7. The number of carbonyl (C=O) groups is 6. The van der Waals surface area contributed by atoms with Crippen LogP contribution in [-0.2, 0) is 41.6 Å². The van der Waals surface area contributed by atoms with E-state index in [1.807, 2.05) is 72.7 Å². The van der Waals surface area contributed by atoms with Gasteiger partial charge >= 0.3 is 0 Å². The quantitative estimate of drug-likeness (QED) is 0.0333. The Kier molecular flexibility index (Phi) is 27.1. The van der Waals surface area contributed by atoms with Crippen LogP contribution in [0.25, 0.3) is 10.9 Å². The fraction of sp³-hybridized carbons (Fsp3) is 0.618. The van der Waals surface area contributed by atoms with Crippen LogP contribution >= 0.6 is 0 Å². The van der Waals surface area contributed by atoms with Gasteiger partial charge in [0.25, 0.3) is 0 Å². The Labute approximate surface area is 428 Å². The highest BCUT2D eigenvalue weighted by Gasteiger charge is 2.32. The molecule has 1 unspecified atom stereocenters. The molecule has 2 aromatic carbocycles. The molecule has 0 aliphatic rings. The molecule has 1 heterocycles. The molecule has 400 valence electrons. The number of rotatable bonds is 34. The van der Waals surface area contributed by atoms with Crippen LogP contribution in [0.15, 0.2) is 54.7 Å². The topological polar surface area (TPSA) is 255 Å². The summed E-state index contributed by atoms with van der Waals surface area (Å²) in [5.74, 6) is -1.48. The van der Waals surface area contributed by atoms with E-state index in [0.717, 1.165) is 41.6 Å². The first-order valence-electron chi connectivity index (χ1n) is 26.3. The van der Waals surface area contributed by atoms with E-state index in [1.54, 1.807) is 37.6 Å². The predicted molar refractivity (Wildman–Crippen MR) is 285 cm³/mol. The number of ether oxygens (including phenoxy) is 1. The third kappa shape index (κ3) is 21.9. The van der Waals surface area contributed by atoms with Crippen LogP contribution in [0.5, 0.6) is 5.75 Å². The molecule has 0 bridgehead atoms. The number of methoxy groups -OCH3 is 1. The third-order valence-corrected chi connectivity index (χ3v) is 12.7. The van der Waals surface area contributed by atoms with Gasteiger partial charge in [-0.05, 0) is 106 Å². The van der Waals surface area contributed by atoms with Crippen molar-refractivity contribution >= 4 is 52.0 Å². The average Bonchev–Trinajstić information content (AvgIpc) is 3.33. The highest BCUT2D eigenvalue weighted by molar-refractivity contribution is 5.93. The Hall–Kier alpha value is -5.81. The van der Waals surface area contributed by atoms with Crippen LogP contribution in [0.4, 0.5) is 5.69 Å². The number of fused-ring (bicyclic) bond motifs is 1. The molecule has 0 aliphatic heterocycles. The molecule has 0 saturated heterocycles. The van der Waals surface area contributed by atoms with Crippen molar-refractivity contribution < 1.29 is 38.6 Å². The van der Waals surface area contributed by atoms with E-state index >= 15 is 0 Å². The number of benzene rings is 2. The van der Waals surface area contributed by atoms with E-state index in [-0.39, 0.29) is 66.7 Å². The molecule has 17 nitrogen and oxygen atoms in total. The first-order chi connectivity index (χ1) is 34.4. The van der Waals surface area contributed by atoms with Gasteiger partial charge in [-0.2, -0.15) is 0 Å². The maximum absolute atomic E-state index is 13.8. The lowest BCUT2D eigenvalue weighted by atomic mass is 9.94. The Morgan fingerprint density at radius 1 is 0.694 bits per heavy atom. The number of anilines is 1. The number of aliphatic hydroxyl groups excluding tert-OH is 1. The molecule has 1 aromatic heterocycles. The summed E-state index contributed by atoms with van der Waals surface area (Å²) in [4.78, 5) is 85.0. The zero-order valence-corrected chi connectivity index (χ0v) is 44.5. The summed E-state index contributed by atoms with van der Waals surface area (Å²) in [5, 5.41) is 33.0. The minimum absolute atomic E-state index is 0.0184. The number of nitrogens with two attached hydrogens (primary N) is 1. The van der Waals surface area contributed by atoms with E-state index in [1.165, 1.54) is 0 Å². The molecule has 7 atom stereocenters. The van der Waals surface area contributed by atoms with Gasteiger partial charge in [-0.3, -0.25) is 33.8 Å². The summed E-state index contributed by atoms with van der Waals surface area (Å²) in [5.41, 5.74) is 8.82. The molecular formula is C55H87N9O8. The molecule has 6 amide bonds. The van der Waals surface area contributed by atoms with E-state index < -0.39 is 42.1 Å². The molecule has 72 heavy (non-hydrogen) atoms. The van der Waals surface area contributed by atoms with Crippen LogP contribution in [-0.4, -0.2) is 109 Å². The lowest BCUT2D eigenvalue weighted by molar-refractivity contribution is -0.132. The number of aromatic nitrogens is 1. The van der Waals surface area contributed by atoms with Gasteiger partial charge in [0.15, 0.2) is 0 Å². The van der Waals surface area contributed by atoms with E-state index in [0.29, 0.717) is 75.7 Å². The van der Waals surface area contributed by atoms with Gasteiger partial charge in [0, 0.05) is 36.8 Å². The van der Waals surface area contributed by atoms with Gasteiger partial charge in [0.2, 0.25) is 35.4 Å². The molecule has 10 N–H and O–H groups in total. The van der Waals surface area contributed by atoms with E-state index in [9.17, 15) is 33.9 Å². The number of aliphatic hydroxyl groups is 1. The second-order valence-corrected chi connectivity index (χ2v) is 20.1. The van der Waals surface area contributed by atoms with Crippen molar-refractivity contribution in [3.8, 4) is 5.75 Å². The van der Waals surface area contributed by atoms with Crippen LogP contribution in [0.3, 0.4) is 0 Å². The zero-order chi connectivity index (χ0) is 53.2. The average molecular weight is 1000 g/mol. The Morgan fingerprint density at radius 3 is 1.96 bits per heavy atom. The summed E-state index contributed by atoms with van der Waals surface area (Å²) in [6.07, 6.45) is 6.81. The minimum atomic E-state index is -1.10. The molecule has 0 saturated carbocycles. The van der Waals surface area contributed by atoms with Crippen LogP contribution in [0.2, 0.25) is 0 Å². The molecule has 0 fully saturated rings. The highest BCUT2D eigenvalue weighted by Crippen LogP contribution is 2.28. The van der Waals surface area contributed by atoms with Crippen molar-refractivity contribution in [2.45, 2.75) is 175 Å². The Morgan fingerprint density at radius 2 is 1.35 bits per heavy atom. The van der Waals surface area contributed by atoms with Crippen molar-refractivity contribution in [1.82, 2.24) is 36.9 Å². The fourth-order valence-electron chi connectivity index (χ4n) is 8.43. The van der Waals surface area contributed by atoms with Crippen LogP contribution in [0, 0.1) is 17.8 Å². The van der Waals surface area contributed by atoms with Gasteiger partial charge < -0.3 is 52.8 Å². The van der Waals surface area contributed by atoms with E-state index in [2.05, 4.69) is 49.1 Å². The maximum Gasteiger partial charge on any atom is 0.243 e. The maximum atomic E-state index is 13.8. The summed E-state index contributed by atoms with van der Waals surface area (Å²) in [7, 11) is 1.63. The van der Waals surface area contributed by atoms with Crippen molar-refractivity contribution in [2.24, 2.45) is 23.5 Å². The number of hydrogen-bond donors (Lipinski definition) is 9. The summed E-state index contributed by atoms with van der Waals surface area (Å²) in [6.45, 7) is 17.2. The number of unbranched alkanes of at least 4 members (excludes halogenated alkanes) is 2. The standard InChI is InChI=1S/C55H87N9O8/c1-10-12-25-57-48(66)34-47(65)44(28-35(3)4)63-55(71)51(37(7)11-2)64-50(68)31-40-22-20-39(21-23-40)30-49(67)61-46(29-36(5)6)54(70)62-43(19-13-14-24-56)53(69)59-27-15-17-38(8)60-45-33-42(72-9)32-41-18-16-26-58-52(41)45/h16,18,20-23,26,32-33,35-38,43-44,46-47,51,60,65H,10-15,17,19,24-25,27-31,34,56H2,1-9H3,(H,57,66)(H,59,69)(H,61,67)(H,62,70)(H,63,71)(H,64,68)/t37-,38?,43+,44+,46+,47+,51+/m1/s1. The molecule has 3 rings (SSSR count). The van der Waals surface area contributed by atoms with Gasteiger partial charge in [-0.25, -0.2) is 0 Å². The largest absolute Gasteiger partial charge is 0.497 e. The lowest BCUT2D eigenvalue weighted by Crippen LogP contribution is -2.55. The Bertz CT molecular complexity index is 2150. The summed E-state index contributed by atoms with van der Waals surface area (Å²) >= 11 is 0. The number of carbonyl (C=O) groups excluding carboxylic acids is 6. The first-order valence-corrected chi connectivity index (χ1v) is 26.3. The molecule has 0 spiro atoms. The van der Waals surface area contributed by atoms with Crippen molar-refractivity contribution in [2.75, 3.05) is 32.1 Å². The van der Waals surface area contributed by atoms with Crippen molar-refractivity contribution in [3.63, 3.8) is 0 Å². The second kappa shape index (κ2) is 32.3. The SMILES string of the molecule is CCCCNC(=O)C[C@H](O)[C@H](CC(C)C)NC(=O)[C@@H](NC(=O)Cc1ccc(CC(=O)N[C@@H](CC(C)C)C(=O)N[C@@H](CCCCN)C(=O)NCCCC(C)Nc2cc(OC)cc3cccnc23)cc1)[C@H](C)CC. The molecule has 0 radical (unpaired) electrons. The van der Waals surface area contributed by atoms with Gasteiger partial charge in [0.05, 0.1) is 49.7 Å². The first kappa shape index (κ1) is 60.5. The highest BCUT2D eigenvalue weighted by atomic mass is 16.5. The number of pyridine rings is 1. The number of nitrogens with zero attached hydrogens (tertiary/aromatic N) is 1. The molecule has 0 aliphatic carbocycles. The molecule has 17 heteroatoms. The molecular weight excluding hydrogens is 915 g/mol. The monoisotopic (exact) mass is 1000 g/mol. The summed E-state index contributed by atoms with van der Waals surface area (Å²) in [6, 6.07) is 11.6. The lowest BCUT2D eigenvalue weighted by Gasteiger charge is -2.30. The van der Waals surface area contributed by atoms with Crippen molar-refractivity contribution in [1.29, 1.82) is 0 Å².